The topological polar surface area (TPSA) is 38.3 Å². The molecule has 2 aromatic carbocycles. The normalized spacial score (nSPS) is 29.3. The maximum atomic E-state index is 13.0. The molecule has 0 radical (unpaired) electrons. The van der Waals surface area contributed by atoms with E-state index in [-0.39, 0.29) is 11.4 Å². The summed E-state index contributed by atoms with van der Waals surface area (Å²) in [7, 11) is 0. The molecule has 1 heterocycles. The minimum Gasteiger partial charge on any atom is -0.489 e. The highest BCUT2D eigenvalue weighted by Gasteiger charge is 2.51. The zero-order valence-electron chi connectivity index (χ0n) is 17.1. The van der Waals surface area contributed by atoms with Crippen molar-refractivity contribution in [2.45, 2.75) is 50.7 Å². The Morgan fingerprint density at radius 3 is 2.40 bits per heavy atom. The van der Waals surface area contributed by atoms with E-state index in [9.17, 15) is 4.79 Å². The standard InChI is InChI=1S/C26H27NO2S/c28-25(27-26-12-17-7-18(13-26)9-19(8-17)14-26)24-10-20(16-30-24)15-29-23-6-5-21-3-1-2-4-22(21)11-23/h1-6,10-11,16-19H,7-9,12-15H2,(H,27,28). The van der Waals surface area contributed by atoms with Crippen LogP contribution in [-0.4, -0.2) is 11.4 Å². The summed E-state index contributed by atoms with van der Waals surface area (Å²) in [6.45, 7) is 0.486. The second-order valence-corrected chi connectivity index (χ2v) is 10.7. The monoisotopic (exact) mass is 417 g/mol. The molecule has 30 heavy (non-hydrogen) atoms. The summed E-state index contributed by atoms with van der Waals surface area (Å²) in [6, 6.07) is 16.5. The van der Waals surface area contributed by atoms with Crippen molar-refractivity contribution in [3.63, 3.8) is 0 Å². The smallest absolute Gasteiger partial charge is 0.261 e. The van der Waals surface area contributed by atoms with Crippen molar-refractivity contribution in [1.82, 2.24) is 5.32 Å². The first-order valence-corrected chi connectivity index (χ1v) is 12.0. The Hall–Kier alpha value is -2.33. The molecule has 0 atom stereocenters. The molecule has 4 heteroatoms. The maximum absolute atomic E-state index is 13.0. The van der Waals surface area contributed by atoms with E-state index in [2.05, 4.69) is 35.0 Å². The van der Waals surface area contributed by atoms with Crippen molar-refractivity contribution >= 4 is 28.0 Å². The lowest BCUT2D eigenvalue weighted by atomic mass is 9.53. The lowest BCUT2D eigenvalue weighted by molar-refractivity contribution is -0.0166. The van der Waals surface area contributed by atoms with Crippen molar-refractivity contribution < 1.29 is 9.53 Å². The Balaban J connectivity index is 1.11. The number of thiophene rings is 1. The molecule has 0 spiro atoms. The number of amides is 1. The molecular formula is C26H27NO2S. The molecule has 1 amide bonds. The molecule has 1 aromatic heterocycles. The number of fused-ring (bicyclic) bond motifs is 1. The van der Waals surface area contributed by atoms with Crippen molar-refractivity contribution in [1.29, 1.82) is 0 Å². The number of carbonyl (C=O) groups excluding carboxylic acids is 1. The van der Waals surface area contributed by atoms with E-state index in [1.165, 1.54) is 60.6 Å². The third-order valence-corrected chi connectivity index (χ3v) is 8.40. The molecule has 7 rings (SSSR count). The largest absolute Gasteiger partial charge is 0.489 e. The number of hydrogen-bond donors (Lipinski definition) is 1. The molecule has 0 saturated heterocycles. The summed E-state index contributed by atoms with van der Waals surface area (Å²) < 4.78 is 6.00. The number of carbonyl (C=O) groups is 1. The molecule has 4 aliphatic rings. The fourth-order valence-electron chi connectivity index (χ4n) is 6.56. The first-order chi connectivity index (χ1) is 14.6. The minimum atomic E-state index is 0.0670. The number of benzene rings is 2. The Morgan fingerprint density at radius 2 is 1.67 bits per heavy atom. The van der Waals surface area contributed by atoms with Crippen LogP contribution in [0.15, 0.2) is 53.9 Å². The van der Waals surface area contributed by atoms with Gasteiger partial charge in [0, 0.05) is 11.1 Å². The molecule has 4 aliphatic carbocycles. The SMILES string of the molecule is O=C(NC12CC3CC(CC(C3)C1)C2)c1cc(COc2ccc3ccccc3c2)cs1. The molecule has 0 unspecified atom stereocenters. The van der Waals surface area contributed by atoms with Crippen LogP contribution in [0.5, 0.6) is 5.75 Å². The predicted molar refractivity (Wildman–Crippen MR) is 121 cm³/mol. The summed E-state index contributed by atoms with van der Waals surface area (Å²) in [4.78, 5) is 13.8. The Kier molecular flexibility index (Phi) is 4.38. The van der Waals surface area contributed by atoms with Gasteiger partial charge >= 0.3 is 0 Å². The van der Waals surface area contributed by atoms with Crippen molar-refractivity contribution in [3.05, 3.63) is 64.4 Å². The van der Waals surface area contributed by atoms with Gasteiger partial charge in [0.15, 0.2) is 0 Å². The van der Waals surface area contributed by atoms with Crippen LogP contribution in [0, 0.1) is 17.8 Å². The van der Waals surface area contributed by atoms with Crippen LogP contribution in [0.3, 0.4) is 0 Å². The van der Waals surface area contributed by atoms with Crippen LogP contribution >= 0.6 is 11.3 Å². The van der Waals surface area contributed by atoms with E-state index in [4.69, 9.17) is 4.74 Å². The molecule has 0 aliphatic heterocycles. The van der Waals surface area contributed by atoms with Gasteiger partial charge in [-0.3, -0.25) is 4.79 Å². The average Bonchev–Trinajstić information content (AvgIpc) is 3.20. The number of rotatable bonds is 5. The maximum Gasteiger partial charge on any atom is 0.261 e. The second-order valence-electron chi connectivity index (χ2n) is 9.77. The van der Waals surface area contributed by atoms with E-state index >= 15 is 0 Å². The van der Waals surface area contributed by atoms with Crippen LogP contribution in [0.25, 0.3) is 10.8 Å². The van der Waals surface area contributed by atoms with Gasteiger partial charge in [0.25, 0.3) is 5.91 Å². The molecule has 4 bridgehead atoms. The molecule has 1 N–H and O–H groups in total. The Bertz CT molecular complexity index is 1070. The zero-order chi connectivity index (χ0) is 20.1. The highest BCUT2D eigenvalue weighted by Crippen LogP contribution is 2.55. The van der Waals surface area contributed by atoms with E-state index in [0.29, 0.717) is 6.61 Å². The van der Waals surface area contributed by atoms with Gasteiger partial charge in [-0.1, -0.05) is 30.3 Å². The van der Waals surface area contributed by atoms with Crippen LogP contribution in [0.4, 0.5) is 0 Å². The van der Waals surface area contributed by atoms with Gasteiger partial charge in [0.1, 0.15) is 12.4 Å². The number of nitrogens with one attached hydrogen (secondary N) is 1. The van der Waals surface area contributed by atoms with E-state index in [1.807, 2.05) is 24.3 Å². The van der Waals surface area contributed by atoms with Gasteiger partial charge < -0.3 is 10.1 Å². The summed E-state index contributed by atoms with van der Waals surface area (Å²) in [6.07, 6.45) is 7.75. The third kappa shape index (κ3) is 3.41. The molecule has 4 fully saturated rings. The molecule has 3 nitrogen and oxygen atoms in total. The van der Waals surface area contributed by atoms with Gasteiger partial charge in [0.2, 0.25) is 0 Å². The van der Waals surface area contributed by atoms with Crippen LogP contribution in [0.2, 0.25) is 0 Å². The number of ether oxygens (including phenoxy) is 1. The van der Waals surface area contributed by atoms with Gasteiger partial charge in [-0.15, -0.1) is 11.3 Å². The summed E-state index contributed by atoms with van der Waals surface area (Å²) in [5, 5.41) is 7.92. The minimum absolute atomic E-state index is 0.0670. The highest BCUT2D eigenvalue weighted by molar-refractivity contribution is 7.12. The lowest BCUT2D eigenvalue weighted by Crippen LogP contribution is -2.59. The Morgan fingerprint density at radius 1 is 0.967 bits per heavy atom. The molecule has 4 saturated carbocycles. The third-order valence-electron chi connectivity index (χ3n) is 7.42. The fraction of sp³-hybridized carbons (Fsp3) is 0.423. The van der Waals surface area contributed by atoms with Gasteiger partial charge in [-0.2, -0.15) is 0 Å². The van der Waals surface area contributed by atoms with E-state index in [0.717, 1.165) is 33.9 Å². The van der Waals surface area contributed by atoms with E-state index < -0.39 is 0 Å². The van der Waals surface area contributed by atoms with Crippen LogP contribution in [0.1, 0.15) is 53.8 Å². The summed E-state index contributed by atoms with van der Waals surface area (Å²) in [5.41, 5.74) is 1.13. The predicted octanol–water partition coefficient (Wildman–Crippen LogP) is 6.18. The first kappa shape index (κ1) is 18.4. The average molecular weight is 418 g/mol. The molecule has 3 aromatic rings. The van der Waals surface area contributed by atoms with E-state index in [1.54, 1.807) is 0 Å². The van der Waals surface area contributed by atoms with Gasteiger partial charge in [-0.05, 0) is 90.6 Å². The summed E-state index contributed by atoms with van der Waals surface area (Å²) in [5.74, 6) is 3.49. The second kappa shape index (κ2) is 7.12. The summed E-state index contributed by atoms with van der Waals surface area (Å²) >= 11 is 1.53. The lowest BCUT2D eigenvalue weighted by Gasteiger charge is -2.56. The fourth-order valence-corrected chi connectivity index (χ4v) is 7.35. The van der Waals surface area contributed by atoms with Gasteiger partial charge in [0.05, 0.1) is 4.88 Å². The quantitative estimate of drug-likeness (QED) is 0.538. The van der Waals surface area contributed by atoms with Crippen molar-refractivity contribution in [2.75, 3.05) is 0 Å². The van der Waals surface area contributed by atoms with Crippen molar-refractivity contribution in [3.8, 4) is 5.75 Å². The Labute approximate surface area is 181 Å². The zero-order valence-corrected chi connectivity index (χ0v) is 17.9. The first-order valence-electron chi connectivity index (χ1n) is 11.2. The number of hydrogen-bond acceptors (Lipinski definition) is 3. The van der Waals surface area contributed by atoms with Crippen LogP contribution in [-0.2, 0) is 6.61 Å². The van der Waals surface area contributed by atoms with Crippen LogP contribution < -0.4 is 10.1 Å². The molecule has 154 valence electrons. The molecular weight excluding hydrogens is 390 g/mol. The highest BCUT2D eigenvalue weighted by atomic mass is 32.1. The van der Waals surface area contributed by atoms with Crippen molar-refractivity contribution in [2.24, 2.45) is 17.8 Å². The van der Waals surface area contributed by atoms with Gasteiger partial charge in [-0.25, -0.2) is 0 Å².